The number of oxazole rings is 1. The van der Waals surface area contributed by atoms with E-state index in [1.165, 1.54) is 6.20 Å². The van der Waals surface area contributed by atoms with E-state index in [1.807, 2.05) is 0 Å². The van der Waals surface area contributed by atoms with Crippen molar-refractivity contribution in [2.45, 2.75) is 3.79 Å². The van der Waals surface area contributed by atoms with Crippen molar-refractivity contribution < 1.29 is 4.42 Å². The van der Waals surface area contributed by atoms with Crippen molar-refractivity contribution in [1.29, 1.82) is 0 Å². The predicted molar refractivity (Wildman–Crippen MR) is 55.5 cm³/mol. The minimum absolute atomic E-state index is 0.0180. The van der Waals surface area contributed by atoms with E-state index in [4.69, 9.17) is 45.0 Å². The first-order valence-corrected chi connectivity index (χ1v) is 4.69. The van der Waals surface area contributed by atoms with Gasteiger partial charge in [-0.1, -0.05) is 34.8 Å². The lowest BCUT2D eigenvalue weighted by atomic mass is 10.4. The van der Waals surface area contributed by atoms with E-state index in [0.717, 1.165) is 0 Å². The van der Waals surface area contributed by atoms with E-state index in [9.17, 15) is 0 Å². The average molecular weight is 252 g/mol. The van der Waals surface area contributed by atoms with Crippen LogP contribution in [-0.2, 0) is 3.79 Å². The summed E-state index contributed by atoms with van der Waals surface area (Å²) in [5.74, 6) is -0.0180. The molecule has 0 unspecified atom stereocenters. The summed E-state index contributed by atoms with van der Waals surface area (Å²) in [5.41, 5.74) is 6.71. The molecular weight excluding hydrogens is 248 g/mol. The van der Waals surface area contributed by atoms with Gasteiger partial charge in [-0.2, -0.15) is 4.98 Å². The third kappa shape index (κ3) is 1.73. The molecule has 0 amide bonds. The molecule has 0 atom stereocenters. The van der Waals surface area contributed by atoms with Gasteiger partial charge in [0.2, 0.25) is 5.89 Å². The van der Waals surface area contributed by atoms with Crippen molar-refractivity contribution in [2.24, 2.45) is 0 Å². The second-order valence-corrected chi connectivity index (χ2v) is 4.89. The van der Waals surface area contributed by atoms with E-state index in [1.54, 1.807) is 6.07 Å². The fourth-order valence-electron chi connectivity index (χ4n) is 0.956. The van der Waals surface area contributed by atoms with Crippen LogP contribution in [0.1, 0.15) is 5.89 Å². The Labute approximate surface area is 94.0 Å². The van der Waals surface area contributed by atoms with Crippen LogP contribution in [0.25, 0.3) is 11.2 Å². The SMILES string of the molecule is Nc1cnc2nc(C(Cl)(Cl)Cl)oc2c1. The van der Waals surface area contributed by atoms with Crippen molar-refractivity contribution in [3.05, 3.63) is 18.2 Å². The van der Waals surface area contributed by atoms with Crippen molar-refractivity contribution >= 4 is 51.7 Å². The number of anilines is 1. The Hall–Kier alpha value is -0.710. The number of hydrogen-bond acceptors (Lipinski definition) is 4. The summed E-state index contributed by atoms with van der Waals surface area (Å²) in [6.07, 6.45) is 1.45. The molecule has 0 radical (unpaired) electrons. The van der Waals surface area contributed by atoms with E-state index < -0.39 is 3.79 Å². The van der Waals surface area contributed by atoms with Gasteiger partial charge in [0.15, 0.2) is 11.2 Å². The van der Waals surface area contributed by atoms with Crippen LogP contribution in [0.5, 0.6) is 0 Å². The van der Waals surface area contributed by atoms with Gasteiger partial charge >= 0.3 is 0 Å². The van der Waals surface area contributed by atoms with Gasteiger partial charge in [-0.3, -0.25) is 0 Å². The number of rotatable bonds is 0. The van der Waals surface area contributed by atoms with Gasteiger partial charge in [-0.15, -0.1) is 0 Å². The van der Waals surface area contributed by atoms with Gasteiger partial charge in [-0.25, -0.2) is 4.98 Å². The largest absolute Gasteiger partial charge is 0.434 e. The Morgan fingerprint density at radius 1 is 1.36 bits per heavy atom. The van der Waals surface area contributed by atoms with Crippen LogP contribution < -0.4 is 5.73 Å². The van der Waals surface area contributed by atoms with Gasteiger partial charge in [0.1, 0.15) is 0 Å². The second-order valence-electron chi connectivity index (χ2n) is 2.61. The van der Waals surface area contributed by atoms with E-state index in [0.29, 0.717) is 16.9 Å². The number of alkyl halides is 3. The number of fused-ring (bicyclic) bond motifs is 1. The highest BCUT2D eigenvalue weighted by Crippen LogP contribution is 2.38. The van der Waals surface area contributed by atoms with Crippen LogP contribution in [0.4, 0.5) is 5.69 Å². The molecule has 0 bridgehead atoms. The molecule has 4 nitrogen and oxygen atoms in total. The molecule has 0 aromatic carbocycles. The van der Waals surface area contributed by atoms with Crippen LogP contribution >= 0.6 is 34.8 Å². The molecule has 2 rings (SSSR count). The first-order chi connectivity index (χ1) is 6.47. The minimum atomic E-state index is -1.69. The first kappa shape index (κ1) is 9.83. The molecule has 0 spiro atoms. The summed E-state index contributed by atoms with van der Waals surface area (Å²) < 4.78 is 3.48. The van der Waals surface area contributed by atoms with Crippen molar-refractivity contribution in [2.75, 3.05) is 5.73 Å². The summed E-state index contributed by atoms with van der Waals surface area (Å²) in [6, 6.07) is 1.56. The standard InChI is InChI=1S/C7H4Cl3N3O/c8-7(9,10)6-13-5-4(14-6)1-3(11)2-12-5/h1-2H,11H2. The van der Waals surface area contributed by atoms with Gasteiger partial charge in [0.05, 0.1) is 11.9 Å². The van der Waals surface area contributed by atoms with Crippen molar-refractivity contribution in [3.8, 4) is 0 Å². The van der Waals surface area contributed by atoms with Crippen LogP contribution in [0, 0.1) is 0 Å². The lowest BCUT2D eigenvalue weighted by Gasteiger charge is -2.02. The summed E-state index contributed by atoms with van der Waals surface area (Å²) in [7, 11) is 0. The number of aromatic nitrogens is 2. The molecule has 2 N–H and O–H groups in total. The molecule has 2 aromatic rings. The van der Waals surface area contributed by atoms with Crippen LogP contribution in [-0.4, -0.2) is 9.97 Å². The predicted octanol–water partition coefficient (Wildman–Crippen LogP) is 2.63. The molecule has 0 fully saturated rings. The minimum Gasteiger partial charge on any atom is -0.434 e. The van der Waals surface area contributed by atoms with Gasteiger partial charge < -0.3 is 10.2 Å². The monoisotopic (exact) mass is 251 g/mol. The maximum absolute atomic E-state index is 5.59. The highest BCUT2D eigenvalue weighted by Gasteiger charge is 2.29. The Kier molecular flexibility index (Phi) is 2.21. The lowest BCUT2D eigenvalue weighted by Crippen LogP contribution is -1.99. The maximum atomic E-state index is 5.59. The van der Waals surface area contributed by atoms with E-state index in [-0.39, 0.29) is 5.89 Å². The highest BCUT2D eigenvalue weighted by atomic mass is 35.6. The summed E-state index contributed by atoms with van der Waals surface area (Å²) in [5, 5.41) is 0. The topological polar surface area (TPSA) is 64.9 Å². The number of pyridine rings is 1. The summed E-state index contributed by atoms with van der Waals surface area (Å²) in [6.45, 7) is 0. The third-order valence-electron chi connectivity index (χ3n) is 1.51. The zero-order valence-electron chi connectivity index (χ0n) is 6.67. The van der Waals surface area contributed by atoms with Crippen LogP contribution in [0.15, 0.2) is 16.7 Å². The fraction of sp³-hybridized carbons (Fsp3) is 0.143. The Balaban J connectivity index is 2.63. The van der Waals surface area contributed by atoms with Crippen LogP contribution in [0.3, 0.4) is 0 Å². The maximum Gasteiger partial charge on any atom is 0.266 e. The third-order valence-corrected chi connectivity index (χ3v) is 2.00. The quantitative estimate of drug-likeness (QED) is 0.732. The van der Waals surface area contributed by atoms with Gasteiger partial charge in [0.25, 0.3) is 3.79 Å². The smallest absolute Gasteiger partial charge is 0.266 e. The van der Waals surface area contributed by atoms with Crippen molar-refractivity contribution in [3.63, 3.8) is 0 Å². The number of nitrogens with two attached hydrogens (primary N) is 1. The fourth-order valence-corrected chi connectivity index (χ4v) is 1.20. The van der Waals surface area contributed by atoms with Gasteiger partial charge in [0, 0.05) is 6.07 Å². The normalized spacial score (nSPS) is 12.2. The molecular formula is C7H4Cl3N3O. The Morgan fingerprint density at radius 2 is 2.07 bits per heavy atom. The zero-order valence-corrected chi connectivity index (χ0v) is 8.94. The second kappa shape index (κ2) is 3.15. The Bertz CT molecular complexity index is 476. The van der Waals surface area contributed by atoms with E-state index in [2.05, 4.69) is 9.97 Å². The summed E-state index contributed by atoms with van der Waals surface area (Å²) >= 11 is 16.8. The van der Waals surface area contributed by atoms with Crippen LogP contribution in [0.2, 0.25) is 0 Å². The number of nitrogens with zero attached hydrogens (tertiary/aromatic N) is 2. The number of nitrogen functional groups attached to an aromatic ring is 1. The molecule has 14 heavy (non-hydrogen) atoms. The van der Waals surface area contributed by atoms with Gasteiger partial charge in [-0.05, 0) is 0 Å². The zero-order chi connectivity index (χ0) is 10.3. The first-order valence-electron chi connectivity index (χ1n) is 3.56. The molecule has 0 saturated carbocycles. The molecule has 0 aliphatic rings. The highest BCUT2D eigenvalue weighted by molar-refractivity contribution is 6.66. The molecule has 2 heterocycles. The molecule has 74 valence electrons. The number of halogens is 3. The molecule has 2 aromatic heterocycles. The molecule has 0 aliphatic carbocycles. The average Bonchev–Trinajstić information content (AvgIpc) is 2.45. The Morgan fingerprint density at radius 3 is 2.71 bits per heavy atom. The lowest BCUT2D eigenvalue weighted by molar-refractivity contribution is 0.540. The molecule has 7 heteroatoms. The number of hydrogen-bond donors (Lipinski definition) is 1. The van der Waals surface area contributed by atoms with E-state index >= 15 is 0 Å². The summed E-state index contributed by atoms with van der Waals surface area (Å²) in [4.78, 5) is 7.81. The molecule has 0 aliphatic heterocycles. The van der Waals surface area contributed by atoms with Crippen molar-refractivity contribution in [1.82, 2.24) is 9.97 Å². The molecule has 0 saturated heterocycles.